The summed E-state index contributed by atoms with van der Waals surface area (Å²) in [6.45, 7) is 2.22. The lowest BCUT2D eigenvalue weighted by atomic mass is 10.4. The first-order valence-corrected chi connectivity index (χ1v) is 4.37. The minimum absolute atomic E-state index is 0.135. The second kappa shape index (κ2) is 2.84. The van der Waals surface area contributed by atoms with Crippen LogP contribution in [0, 0.1) is 13.3 Å². The first kappa shape index (κ1) is 7.70. The van der Waals surface area contributed by atoms with Gasteiger partial charge in [0.25, 0.3) is 5.91 Å². The highest BCUT2D eigenvalue weighted by molar-refractivity contribution is 7.13. The number of aromatic nitrogens is 1. The zero-order valence-electron chi connectivity index (χ0n) is 6.48. The molecule has 2 heterocycles. The Morgan fingerprint density at radius 3 is 3.08 bits per heavy atom. The van der Waals surface area contributed by atoms with Crippen LogP contribution in [0.15, 0.2) is 5.38 Å². The Morgan fingerprint density at radius 1 is 1.75 bits per heavy atom. The van der Waals surface area contributed by atoms with Crippen LogP contribution in [-0.2, 0) is 9.63 Å². The Labute approximate surface area is 73.7 Å². The molecule has 5 heteroatoms. The van der Waals surface area contributed by atoms with E-state index in [9.17, 15) is 4.79 Å². The summed E-state index contributed by atoms with van der Waals surface area (Å²) in [7, 11) is 0. The number of carbonyl (C=O) groups excluding carboxylic acids is 1. The van der Waals surface area contributed by atoms with Gasteiger partial charge in [-0.3, -0.25) is 9.63 Å². The summed E-state index contributed by atoms with van der Waals surface area (Å²) in [4.78, 5) is 20.3. The van der Waals surface area contributed by atoms with Gasteiger partial charge in [0.15, 0.2) is 0 Å². The van der Waals surface area contributed by atoms with Crippen molar-refractivity contribution in [2.45, 2.75) is 6.92 Å². The molecular weight excluding hydrogens is 176 g/mol. The molecule has 0 atom stereocenters. The summed E-state index contributed by atoms with van der Waals surface area (Å²) in [5, 5.41) is 3.70. The molecule has 1 aromatic heterocycles. The second-order valence-corrected chi connectivity index (χ2v) is 3.24. The van der Waals surface area contributed by atoms with Crippen LogP contribution in [0.2, 0.25) is 0 Å². The highest BCUT2D eigenvalue weighted by Crippen LogP contribution is 2.23. The summed E-state index contributed by atoms with van der Waals surface area (Å²) in [5.41, 5.74) is 0.901. The maximum Gasteiger partial charge on any atom is 0.259 e. The number of amides is 1. The van der Waals surface area contributed by atoms with Gasteiger partial charge in [0.2, 0.25) is 5.13 Å². The number of anilines is 1. The van der Waals surface area contributed by atoms with Gasteiger partial charge in [-0.05, 0) is 6.92 Å². The molecule has 0 aliphatic carbocycles. The van der Waals surface area contributed by atoms with E-state index in [1.54, 1.807) is 0 Å². The Morgan fingerprint density at radius 2 is 2.58 bits per heavy atom. The van der Waals surface area contributed by atoms with Crippen LogP contribution in [0.3, 0.4) is 0 Å². The maximum atomic E-state index is 11.1. The molecule has 1 radical (unpaired) electrons. The van der Waals surface area contributed by atoms with Crippen LogP contribution >= 0.6 is 11.3 Å². The Bertz CT molecular complexity index is 310. The number of nitrogens with zero attached hydrogens (tertiary/aromatic N) is 2. The van der Waals surface area contributed by atoms with Crippen molar-refractivity contribution in [3.05, 3.63) is 17.5 Å². The summed E-state index contributed by atoms with van der Waals surface area (Å²) in [5.74, 6) is -0.135. The van der Waals surface area contributed by atoms with E-state index >= 15 is 0 Å². The van der Waals surface area contributed by atoms with Crippen molar-refractivity contribution < 1.29 is 9.63 Å². The molecule has 1 aromatic rings. The molecule has 0 saturated carbocycles. The zero-order chi connectivity index (χ0) is 8.55. The lowest BCUT2D eigenvalue weighted by molar-refractivity contribution is -0.117. The number of thiazole rings is 1. The first-order valence-electron chi connectivity index (χ1n) is 3.50. The molecule has 12 heavy (non-hydrogen) atoms. The largest absolute Gasteiger partial charge is 0.272 e. The summed E-state index contributed by atoms with van der Waals surface area (Å²) < 4.78 is 0. The Kier molecular flexibility index (Phi) is 1.82. The molecule has 2 rings (SSSR count). The van der Waals surface area contributed by atoms with Gasteiger partial charge in [-0.15, -0.1) is 11.3 Å². The fourth-order valence-electron chi connectivity index (χ4n) is 0.914. The average molecular weight is 183 g/mol. The molecule has 1 saturated heterocycles. The molecule has 0 aromatic carbocycles. The number of aryl methyl sites for hydroxylation is 1. The minimum Gasteiger partial charge on any atom is -0.272 e. The van der Waals surface area contributed by atoms with Gasteiger partial charge in [0.05, 0.1) is 18.7 Å². The lowest BCUT2D eigenvalue weighted by Crippen LogP contribution is -2.22. The maximum absolute atomic E-state index is 11.1. The molecule has 4 nitrogen and oxygen atoms in total. The second-order valence-electron chi connectivity index (χ2n) is 2.40. The van der Waals surface area contributed by atoms with Gasteiger partial charge in [-0.2, -0.15) is 5.06 Å². The monoisotopic (exact) mass is 183 g/mol. The molecule has 0 spiro atoms. The number of rotatable bonds is 1. The topological polar surface area (TPSA) is 42.4 Å². The van der Waals surface area contributed by atoms with Crippen molar-refractivity contribution in [3.63, 3.8) is 0 Å². The predicted molar refractivity (Wildman–Crippen MR) is 44.6 cm³/mol. The fraction of sp³-hybridized carbons (Fsp3) is 0.286. The molecule has 0 unspecified atom stereocenters. The van der Waals surface area contributed by atoms with E-state index in [-0.39, 0.29) is 5.91 Å². The number of carbonyl (C=O) groups is 1. The summed E-state index contributed by atoms with van der Waals surface area (Å²) >= 11 is 1.40. The van der Waals surface area contributed by atoms with Crippen LogP contribution in [0.25, 0.3) is 0 Å². The van der Waals surface area contributed by atoms with Crippen LogP contribution < -0.4 is 5.06 Å². The standard InChI is InChI=1S/C7H7N2O2S/c1-5-4-12-7(8-5)9-6(10)2-3-11-9/h2,4H,3H2,1H3. The molecule has 1 aliphatic heterocycles. The van der Waals surface area contributed by atoms with Crippen molar-refractivity contribution in [1.82, 2.24) is 4.98 Å². The molecule has 1 fully saturated rings. The van der Waals surface area contributed by atoms with E-state index in [2.05, 4.69) is 4.98 Å². The smallest absolute Gasteiger partial charge is 0.259 e. The van der Waals surface area contributed by atoms with Crippen LogP contribution in [0.4, 0.5) is 5.13 Å². The minimum atomic E-state index is -0.135. The SMILES string of the molecule is Cc1csc(N2OC[CH]C2=O)n1. The number of hydrogen-bond donors (Lipinski definition) is 0. The first-order chi connectivity index (χ1) is 5.77. The van der Waals surface area contributed by atoms with Crippen molar-refractivity contribution in [3.8, 4) is 0 Å². The van der Waals surface area contributed by atoms with E-state index in [4.69, 9.17) is 4.84 Å². The van der Waals surface area contributed by atoms with Crippen molar-refractivity contribution in [1.29, 1.82) is 0 Å². The number of hydrogen-bond acceptors (Lipinski definition) is 4. The fourth-order valence-corrected chi connectivity index (χ4v) is 1.68. The van der Waals surface area contributed by atoms with Gasteiger partial charge < -0.3 is 0 Å². The Hall–Kier alpha value is -0.940. The predicted octanol–water partition coefficient (Wildman–Crippen LogP) is 0.934. The molecule has 0 N–H and O–H groups in total. The zero-order valence-corrected chi connectivity index (χ0v) is 7.30. The van der Waals surface area contributed by atoms with Gasteiger partial charge in [-0.25, -0.2) is 4.98 Å². The Balaban J connectivity index is 2.24. The molecule has 1 amide bonds. The van der Waals surface area contributed by atoms with E-state index in [0.717, 1.165) is 5.69 Å². The molecule has 1 aliphatic rings. The third-order valence-corrected chi connectivity index (χ3v) is 2.37. The number of hydroxylamine groups is 1. The van der Waals surface area contributed by atoms with Crippen LogP contribution in [0.1, 0.15) is 5.69 Å². The third-order valence-electron chi connectivity index (χ3n) is 1.44. The van der Waals surface area contributed by atoms with E-state index < -0.39 is 0 Å². The van der Waals surface area contributed by atoms with Crippen molar-refractivity contribution >= 4 is 22.4 Å². The molecule has 63 valence electrons. The van der Waals surface area contributed by atoms with Gasteiger partial charge in [0.1, 0.15) is 0 Å². The van der Waals surface area contributed by atoms with Crippen molar-refractivity contribution in [2.24, 2.45) is 0 Å². The highest BCUT2D eigenvalue weighted by Gasteiger charge is 2.25. The van der Waals surface area contributed by atoms with Crippen molar-refractivity contribution in [2.75, 3.05) is 11.7 Å². The van der Waals surface area contributed by atoms with Crippen LogP contribution in [0.5, 0.6) is 0 Å². The lowest BCUT2D eigenvalue weighted by Gasteiger charge is -2.08. The normalized spacial score (nSPS) is 17.4. The van der Waals surface area contributed by atoms with E-state index in [0.29, 0.717) is 11.7 Å². The quantitative estimate of drug-likeness (QED) is 0.650. The average Bonchev–Trinajstić information content (AvgIpc) is 2.58. The van der Waals surface area contributed by atoms with Crippen LogP contribution in [-0.4, -0.2) is 17.5 Å². The molecular formula is C7H7N2O2S. The summed E-state index contributed by atoms with van der Waals surface area (Å²) in [6, 6.07) is 0. The highest BCUT2D eigenvalue weighted by atomic mass is 32.1. The van der Waals surface area contributed by atoms with Gasteiger partial charge >= 0.3 is 0 Å². The van der Waals surface area contributed by atoms with Gasteiger partial charge in [-0.1, -0.05) is 0 Å². The third kappa shape index (κ3) is 1.21. The summed E-state index contributed by atoms with van der Waals surface area (Å²) in [6.07, 6.45) is 1.48. The molecule has 0 bridgehead atoms. The van der Waals surface area contributed by atoms with Gasteiger partial charge in [0, 0.05) is 5.38 Å². The van der Waals surface area contributed by atoms with E-state index in [1.165, 1.54) is 22.8 Å². The van der Waals surface area contributed by atoms with E-state index in [1.807, 2.05) is 12.3 Å².